The molecule has 0 saturated carbocycles. The van der Waals surface area contributed by atoms with Crippen molar-refractivity contribution in [2.75, 3.05) is 12.5 Å². The Kier molecular flexibility index (Phi) is 1.29. The zero-order valence-corrected chi connectivity index (χ0v) is 2.72. The van der Waals surface area contributed by atoms with Gasteiger partial charge in [0.2, 0.25) is 0 Å². The number of rotatable bonds is 1. The van der Waals surface area contributed by atoms with Gasteiger partial charge in [-0.25, -0.2) is 4.39 Å². The maximum atomic E-state index is 11.0. The van der Waals surface area contributed by atoms with Crippen LogP contribution in [0.25, 0.3) is 0 Å². The normalized spacial score (nSPS) is 18.5. The van der Waals surface area contributed by atoms with Gasteiger partial charge in [0.25, 0.3) is 0 Å². The molecule has 4 heavy (non-hydrogen) atoms. The minimum absolute atomic E-state index is 1.13. The number of hydrogen-bond donors (Lipinski definition) is 0. The van der Waals surface area contributed by atoms with E-state index >= 15 is 0 Å². The Morgan fingerprint density at radius 2 is 2.50 bits per heavy atom. The van der Waals surface area contributed by atoms with E-state index in [1.165, 1.54) is 0 Å². The van der Waals surface area contributed by atoms with Gasteiger partial charge in [-0.05, 0) is 0 Å². The van der Waals surface area contributed by atoms with Crippen LogP contribution in [0.4, 0.5) is 4.39 Å². The summed E-state index contributed by atoms with van der Waals surface area (Å²) in [6.45, 7) is -1.13. The van der Waals surface area contributed by atoms with Crippen molar-refractivity contribution in [2.24, 2.45) is 0 Å². The van der Waals surface area contributed by atoms with Crippen molar-refractivity contribution in [3.05, 3.63) is 0 Å². The first-order chi connectivity index (χ1) is 2.56. The maximum absolute atomic E-state index is 11.0. The van der Waals surface area contributed by atoms with E-state index in [-0.39, 0.29) is 0 Å². The third kappa shape index (κ3) is 2.22. The van der Waals surface area contributed by atoms with Gasteiger partial charge in [-0.3, -0.25) is 0 Å². The molecule has 0 aliphatic carbocycles. The molecule has 0 aliphatic heterocycles. The molecule has 0 N–H and O–H groups in total. The van der Waals surface area contributed by atoms with E-state index in [1.54, 1.807) is 0 Å². The van der Waals surface area contributed by atoms with E-state index in [9.17, 15) is 4.39 Å². The van der Waals surface area contributed by atoms with Crippen LogP contribution in [0.2, 0.25) is 0 Å². The van der Waals surface area contributed by atoms with Crippen molar-refractivity contribution in [1.82, 2.24) is 0 Å². The van der Waals surface area contributed by atoms with Crippen LogP contribution >= 0.6 is 11.6 Å². The van der Waals surface area contributed by atoms with Gasteiger partial charge in [-0.15, -0.1) is 11.6 Å². The van der Waals surface area contributed by atoms with Crippen LogP contribution in [-0.4, -0.2) is 12.5 Å². The highest BCUT2D eigenvalue weighted by molar-refractivity contribution is 6.17. The van der Waals surface area contributed by atoms with Crippen LogP contribution in [0.3, 0.4) is 0 Å². The fourth-order valence-corrected chi connectivity index (χ4v) is 0. The Balaban J connectivity index is 3.17. The summed E-state index contributed by atoms with van der Waals surface area (Å²) in [5, 5.41) is 0. The Morgan fingerprint density at radius 3 is 2.50 bits per heavy atom. The van der Waals surface area contributed by atoms with Crippen LogP contribution in [0.5, 0.6) is 0 Å². The van der Waals surface area contributed by atoms with Crippen LogP contribution in [0.1, 0.15) is 2.74 Å². The van der Waals surface area contributed by atoms with Gasteiger partial charge in [-0.2, -0.15) is 0 Å². The highest BCUT2D eigenvalue weighted by Crippen LogP contribution is 1.69. The fourth-order valence-electron chi connectivity index (χ4n) is 0. The molecule has 0 bridgehead atoms. The number of halogens is 2. The lowest BCUT2D eigenvalue weighted by molar-refractivity contribution is 0.531. The van der Waals surface area contributed by atoms with Crippen molar-refractivity contribution < 1.29 is 7.13 Å². The summed E-state index contributed by atoms with van der Waals surface area (Å²) in [4.78, 5) is 0. The van der Waals surface area contributed by atoms with Crippen molar-refractivity contribution >= 4 is 11.6 Å². The zero-order valence-electron chi connectivity index (χ0n) is 3.96. The molecule has 0 saturated heterocycles. The Morgan fingerprint density at radius 1 is 2.25 bits per heavy atom. The number of hydrogen-bond acceptors (Lipinski definition) is 0. The van der Waals surface area contributed by atoms with E-state index in [4.69, 9.17) is 2.74 Å². The van der Waals surface area contributed by atoms with Crippen molar-refractivity contribution in [2.45, 2.75) is 0 Å². The predicted molar refractivity (Wildman–Crippen MR) is 16.7 cm³/mol. The van der Waals surface area contributed by atoms with E-state index in [1.807, 2.05) is 0 Å². The van der Waals surface area contributed by atoms with E-state index in [0.29, 0.717) is 0 Å². The van der Waals surface area contributed by atoms with Gasteiger partial charge in [0.05, 0.1) is 5.83 Å². The first-order valence-corrected chi connectivity index (χ1v) is 1.19. The van der Waals surface area contributed by atoms with E-state index in [0.717, 1.165) is 0 Å². The lowest BCUT2D eigenvalue weighted by Crippen LogP contribution is -1.66. The average molecular weight is 84.5 g/mol. The van der Waals surface area contributed by atoms with Gasteiger partial charge in [0, 0.05) is 2.74 Å². The van der Waals surface area contributed by atoms with Crippen LogP contribution < -0.4 is 0 Å². The smallest absolute Gasteiger partial charge is 0.103 e. The van der Waals surface area contributed by atoms with Crippen molar-refractivity contribution in [3.63, 3.8) is 0 Å². The van der Waals surface area contributed by atoms with Gasteiger partial charge in [0.1, 0.15) is 6.67 Å². The lowest BCUT2D eigenvalue weighted by atomic mass is 10.9. The van der Waals surface area contributed by atoms with Crippen LogP contribution in [0, 0.1) is 0 Å². The first kappa shape index (κ1) is 1.61. The second kappa shape index (κ2) is 3.22. The largest absolute Gasteiger partial charge is 0.250 e. The second-order valence-corrected chi connectivity index (χ2v) is 0.535. The maximum Gasteiger partial charge on any atom is 0.103 e. The first-order valence-electron chi connectivity index (χ1n) is 1.81. The predicted octanol–water partition coefficient (Wildman–Crippen LogP) is 1.19. The molecule has 0 fully saturated rings. The molecule has 0 unspecified atom stereocenters. The Bertz CT molecular complexity index is 41.3. The molecule has 0 amide bonds. The second-order valence-electron chi connectivity index (χ2n) is 0.267. The summed E-state index contributed by atoms with van der Waals surface area (Å²) in [5.74, 6) is -2.15. The topological polar surface area (TPSA) is 0 Å². The summed E-state index contributed by atoms with van der Waals surface area (Å²) in [5.41, 5.74) is 0. The summed E-state index contributed by atoms with van der Waals surface area (Å²) in [6, 6.07) is 0. The van der Waals surface area contributed by atoms with E-state index < -0.39 is 12.5 Å². The third-order valence-corrected chi connectivity index (χ3v) is 0.152. The van der Waals surface area contributed by atoms with Gasteiger partial charge in [-0.1, -0.05) is 0 Å². The molecule has 0 spiro atoms. The fraction of sp³-hybridized carbons (Fsp3) is 1.00. The Labute approximate surface area is 32.4 Å². The highest BCUT2D eigenvalue weighted by atomic mass is 35.5. The molecule has 2 heteroatoms. The SMILES string of the molecule is [2H]C([2H])(Cl)CF. The Hall–Kier alpha value is 0.220. The lowest BCUT2D eigenvalue weighted by Gasteiger charge is -1.62. The molecule has 0 aromatic carbocycles. The molecule has 0 aromatic rings. The zero-order chi connectivity index (χ0) is 5.21. The molecule has 0 heterocycles. The molecule has 26 valence electrons. The third-order valence-electron chi connectivity index (χ3n) is 0.0505. The van der Waals surface area contributed by atoms with Gasteiger partial charge < -0.3 is 0 Å². The number of alkyl halides is 2. The minimum atomic E-state index is -2.15. The quantitative estimate of drug-likeness (QED) is 0.419. The minimum Gasteiger partial charge on any atom is -0.250 e. The summed E-state index contributed by atoms with van der Waals surface area (Å²) >= 11 is 4.68. The molecule has 0 radical (unpaired) electrons. The molecule has 0 nitrogen and oxygen atoms in total. The van der Waals surface area contributed by atoms with Crippen molar-refractivity contribution in [3.8, 4) is 0 Å². The summed E-state index contributed by atoms with van der Waals surface area (Å²) in [6.07, 6.45) is 0. The molecular weight excluding hydrogens is 78.5 g/mol. The van der Waals surface area contributed by atoms with Crippen LogP contribution in [0.15, 0.2) is 0 Å². The molecule has 0 rings (SSSR count). The summed E-state index contributed by atoms with van der Waals surface area (Å²) in [7, 11) is 0. The average Bonchev–Trinajstić information content (AvgIpc) is 1.35. The highest BCUT2D eigenvalue weighted by Gasteiger charge is 1.63. The van der Waals surface area contributed by atoms with Gasteiger partial charge in [0.15, 0.2) is 0 Å². The molecule has 0 aliphatic rings. The molecular formula is C2H4ClF. The monoisotopic (exact) mass is 84.0 g/mol. The molecule has 0 aromatic heterocycles. The standard InChI is InChI=1S/C2H4ClF/c3-1-2-4/h1-2H2/i1D2. The van der Waals surface area contributed by atoms with Gasteiger partial charge >= 0.3 is 0 Å². The molecule has 0 atom stereocenters. The summed E-state index contributed by atoms with van der Waals surface area (Å²) < 4.78 is 23.5. The van der Waals surface area contributed by atoms with Crippen LogP contribution in [-0.2, 0) is 0 Å². The van der Waals surface area contributed by atoms with E-state index in [2.05, 4.69) is 11.6 Å². The van der Waals surface area contributed by atoms with Crippen molar-refractivity contribution in [1.29, 1.82) is 0 Å².